The molecule has 1 aliphatic rings. The minimum Gasteiger partial charge on any atom is -0.457 e. The van der Waals surface area contributed by atoms with E-state index in [1.807, 2.05) is 0 Å². The number of hydrogen-bond donors (Lipinski definition) is 1. The highest BCUT2D eigenvalue weighted by atomic mass is 79.9. The van der Waals surface area contributed by atoms with Crippen molar-refractivity contribution in [3.05, 3.63) is 34.1 Å². The number of nitrogens with two attached hydrogens (primary N) is 1. The Bertz CT molecular complexity index is 673. The van der Waals surface area contributed by atoms with Gasteiger partial charge in [-0.15, -0.1) is 4.40 Å². The molecule has 0 aromatic heterocycles. The molecule has 1 aromatic carbocycles. The summed E-state index contributed by atoms with van der Waals surface area (Å²) in [4.78, 5) is 0. The lowest BCUT2D eigenvalue weighted by atomic mass is 9.97. The van der Waals surface area contributed by atoms with Crippen LogP contribution in [0.3, 0.4) is 0 Å². The van der Waals surface area contributed by atoms with Gasteiger partial charge in [0.2, 0.25) is 0 Å². The summed E-state index contributed by atoms with van der Waals surface area (Å²) in [6.07, 6.45) is -0.0365. The largest absolute Gasteiger partial charge is 0.457 e. The molecule has 8 heteroatoms. The number of ether oxygens (including phenoxy) is 1. The quantitative estimate of drug-likeness (QED) is 0.869. The number of hydrogen-bond acceptors (Lipinski definition) is 4. The van der Waals surface area contributed by atoms with Gasteiger partial charge in [0.1, 0.15) is 16.7 Å². The summed E-state index contributed by atoms with van der Waals surface area (Å²) in [5.41, 5.74) is 4.57. The van der Waals surface area contributed by atoms with Gasteiger partial charge in [0.25, 0.3) is 16.0 Å². The van der Waals surface area contributed by atoms with E-state index in [1.54, 1.807) is 19.9 Å². The highest BCUT2D eigenvalue weighted by Gasteiger charge is 2.45. The van der Waals surface area contributed by atoms with Crippen LogP contribution in [0.25, 0.3) is 0 Å². The molecule has 1 aliphatic heterocycles. The predicted octanol–water partition coefficient (Wildman–Crippen LogP) is 1.95. The molecule has 0 aliphatic carbocycles. The van der Waals surface area contributed by atoms with Crippen molar-refractivity contribution < 1.29 is 17.5 Å². The van der Waals surface area contributed by atoms with Crippen LogP contribution in [0.5, 0.6) is 0 Å². The van der Waals surface area contributed by atoms with Gasteiger partial charge in [-0.25, -0.2) is 12.8 Å². The van der Waals surface area contributed by atoms with E-state index in [4.69, 9.17) is 10.5 Å². The molecule has 0 fully saturated rings. The molecule has 0 saturated carbocycles. The Kier molecular flexibility index (Phi) is 3.81. The van der Waals surface area contributed by atoms with Gasteiger partial charge in [-0.05, 0) is 38.0 Å². The molecule has 5 nitrogen and oxygen atoms in total. The molecular formula is C12H14BrFN2O3S. The number of halogens is 2. The summed E-state index contributed by atoms with van der Waals surface area (Å²) < 4.78 is 47.3. The van der Waals surface area contributed by atoms with Crippen LogP contribution >= 0.6 is 15.9 Å². The Morgan fingerprint density at radius 1 is 1.50 bits per heavy atom. The fourth-order valence-corrected chi connectivity index (χ4v) is 4.04. The minimum absolute atomic E-state index is 0.0365. The lowest BCUT2D eigenvalue weighted by Gasteiger charge is -2.35. The molecular weight excluding hydrogens is 351 g/mol. The van der Waals surface area contributed by atoms with E-state index in [1.165, 1.54) is 12.1 Å². The first kappa shape index (κ1) is 15.2. The average Bonchev–Trinajstić information content (AvgIpc) is 2.23. The Morgan fingerprint density at radius 2 is 2.15 bits per heavy atom. The van der Waals surface area contributed by atoms with Crippen LogP contribution in [0.4, 0.5) is 4.39 Å². The van der Waals surface area contributed by atoms with E-state index in [-0.39, 0.29) is 18.0 Å². The van der Waals surface area contributed by atoms with Crippen molar-refractivity contribution in [2.45, 2.75) is 31.1 Å². The topological polar surface area (TPSA) is 81.8 Å². The van der Waals surface area contributed by atoms with Gasteiger partial charge < -0.3 is 10.5 Å². The van der Waals surface area contributed by atoms with Gasteiger partial charge in [0.15, 0.2) is 0 Å². The van der Waals surface area contributed by atoms with Crippen LogP contribution in [-0.2, 0) is 21.2 Å². The van der Waals surface area contributed by atoms with E-state index in [2.05, 4.69) is 20.3 Å². The smallest absolute Gasteiger partial charge is 0.298 e. The van der Waals surface area contributed by atoms with Gasteiger partial charge >= 0.3 is 0 Å². The van der Waals surface area contributed by atoms with E-state index in [0.29, 0.717) is 4.47 Å². The fraction of sp³-hybridized carbons (Fsp3) is 0.417. The first-order valence-corrected chi connectivity index (χ1v) is 8.13. The summed E-state index contributed by atoms with van der Waals surface area (Å²) in [5, 5.41) is -1.00. The third-order valence-electron chi connectivity index (χ3n) is 3.14. The van der Waals surface area contributed by atoms with Gasteiger partial charge in [-0.2, -0.15) is 0 Å². The van der Waals surface area contributed by atoms with Crippen LogP contribution in [0, 0.1) is 5.82 Å². The van der Waals surface area contributed by atoms with Crippen LogP contribution < -0.4 is 5.73 Å². The molecule has 0 radical (unpaired) electrons. The molecule has 2 rings (SSSR count). The van der Waals surface area contributed by atoms with Gasteiger partial charge in [0.05, 0.1) is 0 Å². The van der Waals surface area contributed by atoms with Crippen LogP contribution in [0.2, 0.25) is 0 Å². The first-order chi connectivity index (χ1) is 9.12. The van der Waals surface area contributed by atoms with Crippen molar-refractivity contribution in [2.75, 3.05) is 0 Å². The highest BCUT2D eigenvalue weighted by molar-refractivity contribution is 9.10. The predicted molar refractivity (Wildman–Crippen MR) is 77.3 cm³/mol. The monoisotopic (exact) mass is 364 g/mol. The van der Waals surface area contributed by atoms with E-state index < -0.39 is 26.7 Å². The van der Waals surface area contributed by atoms with Crippen molar-refractivity contribution >= 4 is 32.0 Å². The molecule has 0 amide bonds. The van der Waals surface area contributed by atoms with E-state index in [0.717, 1.165) is 0 Å². The summed E-state index contributed by atoms with van der Waals surface area (Å²) in [7, 11) is -3.85. The summed E-state index contributed by atoms with van der Waals surface area (Å²) in [6, 6.07) is 4.09. The van der Waals surface area contributed by atoms with Gasteiger partial charge in [-0.1, -0.05) is 22.0 Å². The second-order valence-electron chi connectivity index (χ2n) is 5.08. The molecule has 0 unspecified atom stereocenters. The Morgan fingerprint density at radius 3 is 2.70 bits per heavy atom. The van der Waals surface area contributed by atoms with Gasteiger partial charge in [0, 0.05) is 4.47 Å². The van der Waals surface area contributed by atoms with Gasteiger partial charge in [-0.3, -0.25) is 0 Å². The number of sulfonamides is 1. The van der Waals surface area contributed by atoms with E-state index in [9.17, 15) is 12.8 Å². The molecule has 1 aromatic rings. The number of nitrogens with zero attached hydrogens (tertiary/aromatic N) is 1. The zero-order valence-corrected chi connectivity index (χ0v) is 13.3. The SMILES string of the molecule is CC1(C)OC(N)=NS(=O)(=O)[C@@H]1Cc1ccc(Br)cc1F. The number of benzene rings is 1. The molecule has 2 N–H and O–H groups in total. The third-order valence-corrected chi connectivity index (χ3v) is 5.52. The molecule has 0 bridgehead atoms. The maximum Gasteiger partial charge on any atom is 0.298 e. The Labute approximate surface area is 125 Å². The normalized spacial score (nSPS) is 23.8. The molecule has 110 valence electrons. The van der Waals surface area contributed by atoms with Crippen LogP contribution in [0.1, 0.15) is 19.4 Å². The van der Waals surface area contributed by atoms with Crippen molar-refractivity contribution in [1.82, 2.24) is 0 Å². The number of amidine groups is 1. The zero-order valence-electron chi connectivity index (χ0n) is 10.9. The van der Waals surface area contributed by atoms with Crippen LogP contribution in [-0.4, -0.2) is 25.3 Å². The average molecular weight is 365 g/mol. The zero-order chi connectivity index (χ0) is 15.1. The molecule has 20 heavy (non-hydrogen) atoms. The third kappa shape index (κ3) is 2.95. The second kappa shape index (κ2) is 5.00. The van der Waals surface area contributed by atoms with Crippen molar-refractivity contribution in [2.24, 2.45) is 10.1 Å². The molecule has 1 heterocycles. The molecule has 1 atom stereocenters. The van der Waals surface area contributed by atoms with Crippen LogP contribution in [0.15, 0.2) is 27.1 Å². The lowest BCUT2D eigenvalue weighted by molar-refractivity contribution is 0.0824. The second-order valence-corrected chi connectivity index (χ2v) is 7.78. The maximum atomic E-state index is 13.9. The maximum absolute atomic E-state index is 13.9. The van der Waals surface area contributed by atoms with E-state index >= 15 is 0 Å². The lowest BCUT2D eigenvalue weighted by Crippen LogP contribution is -2.51. The standard InChI is InChI=1S/C12H14BrFN2O3S/c1-12(2)10(20(17,18)16-11(15)19-12)5-7-3-4-8(13)6-9(7)14/h3-4,6,10H,5H2,1-2H3,(H2,15,16)/t10-/m1/s1. The minimum atomic E-state index is -3.85. The Balaban J connectivity index is 2.41. The number of rotatable bonds is 2. The fourth-order valence-electron chi connectivity index (χ4n) is 2.14. The summed E-state index contributed by atoms with van der Waals surface area (Å²) >= 11 is 3.15. The summed E-state index contributed by atoms with van der Waals surface area (Å²) in [6.45, 7) is 3.18. The van der Waals surface area contributed by atoms with Crippen molar-refractivity contribution in [3.63, 3.8) is 0 Å². The Hall–Kier alpha value is -1.15. The highest BCUT2D eigenvalue weighted by Crippen LogP contribution is 2.31. The summed E-state index contributed by atoms with van der Waals surface area (Å²) in [5.74, 6) is -0.479. The first-order valence-electron chi connectivity index (χ1n) is 5.84. The van der Waals surface area contributed by atoms with Crippen molar-refractivity contribution in [3.8, 4) is 0 Å². The van der Waals surface area contributed by atoms with Crippen molar-refractivity contribution in [1.29, 1.82) is 0 Å². The molecule has 0 spiro atoms. The molecule has 0 saturated heterocycles.